The van der Waals surface area contributed by atoms with Gasteiger partial charge in [0.1, 0.15) is 17.7 Å². The van der Waals surface area contributed by atoms with Crippen LogP contribution in [0.15, 0.2) is 54.6 Å². The van der Waals surface area contributed by atoms with Crippen molar-refractivity contribution < 1.29 is 29.0 Å². The van der Waals surface area contributed by atoms with Crippen LogP contribution in [0.2, 0.25) is 0 Å². The Bertz CT molecular complexity index is 1080. The van der Waals surface area contributed by atoms with Gasteiger partial charge in [0, 0.05) is 13.0 Å². The largest absolute Gasteiger partial charge is 0.456 e. The number of ether oxygens (including phenoxy) is 2. The number of cyclic esters (lactones) is 1. The first-order valence-corrected chi connectivity index (χ1v) is 12.8. The summed E-state index contributed by atoms with van der Waals surface area (Å²) in [6.07, 6.45) is -0.251. The Morgan fingerprint density at radius 3 is 2.32 bits per heavy atom. The minimum Gasteiger partial charge on any atom is -0.456 e. The zero-order valence-corrected chi connectivity index (χ0v) is 22.3. The number of nitrogens with one attached hydrogen (secondary N) is 1. The van der Waals surface area contributed by atoms with Gasteiger partial charge >= 0.3 is 12.1 Å². The number of nitrogens with zero attached hydrogens (tertiary/aromatic N) is 1. The van der Waals surface area contributed by atoms with Gasteiger partial charge in [-0.3, -0.25) is 10.1 Å². The highest BCUT2D eigenvalue weighted by molar-refractivity contribution is 5.99. The molecule has 2 N–H and O–H groups in total. The maximum atomic E-state index is 14.0. The van der Waals surface area contributed by atoms with Crippen LogP contribution in [-0.2, 0) is 27.2 Å². The predicted octanol–water partition coefficient (Wildman–Crippen LogP) is 4.24. The lowest BCUT2D eigenvalue weighted by atomic mass is 9.83. The average Bonchev–Trinajstić information content (AvgIpc) is 3.21. The second kappa shape index (κ2) is 11.9. The molecule has 1 aliphatic rings. The van der Waals surface area contributed by atoms with E-state index in [0.29, 0.717) is 12.0 Å². The molecule has 1 heterocycles. The van der Waals surface area contributed by atoms with Crippen molar-refractivity contribution in [1.29, 1.82) is 0 Å². The van der Waals surface area contributed by atoms with Crippen molar-refractivity contribution in [1.82, 2.24) is 10.2 Å². The van der Waals surface area contributed by atoms with Crippen LogP contribution in [0, 0.1) is 0 Å². The number of hydrogen-bond donors (Lipinski definition) is 2. The smallest absolute Gasteiger partial charge is 0.417 e. The van der Waals surface area contributed by atoms with Crippen molar-refractivity contribution >= 4 is 18.0 Å². The molecule has 1 saturated heterocycles. The normalized spacial score (nSPS) is 18.2. The summed E-state index contributed by atoms with van der Waals surface area (Å²) in [6.45, 7) is 9.33. The fraction of sp³-hybridized carbons (Fsp3) is 0.483. The summed E-state index contributed by atoms with van der Waals surface area (Å²) >= 11 is 0. The molecule has 0 radical (unpaired) electrons. The van der Waals surface area contributed by atoms with Gasteiger partial charge in [0.2, 0.25) is 0 Å². The number of amides is 2. The molecule has 37 heavy (non-hydrogen) atoms. The molecule has 0 aromatic heterocycles. The van der Waals surface area contributed by atoms with E-state index in [0.717, 1.165) is 22.4 Å². The first-order chi connectivity index (χ1) is 17.5. The third-order valence-corrected chi connectivity index (χ3v) is 6.42. The van der Waals surface area contributed by atoms with Crippen molar-refractivity contribution in [2.75, 3.05) is 6.61 Å². The monoisotopic (exact) mass is 510 g/mol. The zero-order valence-electron chi connectivity index (χ0n) is 22.3. The number of rotatable bonds is 10. The molecule has 0 spiro atoms. The fourth-order valence-corrected chi connectivity index (χ4v) is 4.43. The average molecular weight is 511 g/mol. The quantitative estimate of drug-likeness (QED) is 0.461. The van der Waals surface area contributed by atoms with Gasteiger partial charge in [-0.05, 0) is 57.4 Å². The lowest BCUT2D eigenvalue weighted by Crippen LogP contribution is -2.66. The van der Waals surface area contributed by atoms with E-state index in [1.165, 1.54) is 0 Å². The molecular weight excluding hydrogens is 472 g/mol. The maximum absolute atomic E-state index is 14.0. The summed E-state index contributed by atoms with van der Waals surface area (Å²) in [5, 5.41) is 14.3. The van der Waals surface area contributed by atoms with Crippen LogP contribution in [0.25, 0.3) is 0 Å². The minimum absolute atomic E-state index is 0.145. The number of aliphatic hydroxyl groups is 1. The first kappa shape index (κ1) is 28.3. The second-order valence-corrected chi connectivity index (χ2v) is 10.6. The van der Waals surface area contributed by atoms with Crippen LogP contribution in [0.3, 0.4) is 0 Å². The highest BCUT2D eigenvalue weighted by Gasteiger charge is 2.51. The summed E-state index contributed by atoms with van der Waals surface area (Å²) in [7, 11) is 0. The Morgan fingerprint density at radius 1 is 1.11 bits per heavy atom. The summed E-state index contributed by atoms with van der Waals surface area (Å²) in [6, 6.07) is 15.9. The molecule has 0 bridgehead atoms. The number of benzene rings is 2. The number of hydrogen-bond acceptors (Lipinski definition) is 7. The number of carbonyl (C=O) groups is 3. The highest BCUT2D eigenvalue weighted by atomic mass is 16.6. The molecular formula is C29H38N2O6. The summed E-state index contributed by atoms with van der Waals surface area (Å²) in [4.78, 5) is 40.2. The Kier molecular flexibility index (Phi) is 9.10. The van der Waals surface area contributed by atoms with E-state index in [-0.39, 0.29) is 25.6 Å². The first-order valence-electron chi connectivity index (χ1n) is 12.8. The van der Waals surface area contributed by atoms with Crippen molar-refractivity contribution in [3.8, 4) is 0 Å². The molecule has 2 aromatic rings. The van der Waals surface area contributed by atoms with Gasteiger partial charge in [-0.1, -0.05) is 55.8 Å². The molecule has 1 fully saturated rings. The molecule has 200 valence electrons. The van der Waals surface area contributed by atoms with E-state index in [9.17, 15) is 19.5 Å². The third-order valence-electron chi connectivity index (χ3n) is 6.42. The van der Waals surface area contributed by atoms with E-state index in [1.54, 1.807) is 31.2 Å². The van der Waals surface area contributed by atoms with Crippen molar-refractivity contribution in [3.63, 3.8) is 0 Å². The van der Waals surface area contributed by atoms with Crippen LogP contribution in [0.5, 0.6) is 0 Å². The Hall–Kier alpha value is -3.23. The third kappa shape index (κ3) is 6.96. The van der Waals surface area contributed by atoms with E-state index in [1.807, 2.05) is 58.0 Å². The predicted molar refractivity (Wildman–Crippen MR) is 140 cm³/mol. The molecule has 8 nitrogen and oxygen atoms in total. The Balaban J connectivity index is 1.89. The van der Waals surface area contributed by atoms with Gasteiger partial charge in [0.15, 0.2) is 0 Å². The summed E-state index contributed by atoms with van der Waals surface area (Å²) in [5.41, 5.74) is -0.0294. The lowest BCUT2D eigenvalue weighted by molar-refractivity contribution is -0.141. The van der Waals surface area contributed by atoms with Gasteiger partial charge in [-0.25, -0.2) is 14.5 Å². The van der Waals surface area contributed by atoms with E-state index in [2.05, 4.69) is 5.32 Å². The van der Waals surface area contributed by atoms with Crippen LogP contribution in [0.1, 0.15) is 68.9 Å². The minimum atomic E-state index is -1.49. The zero-order chi connectivity index (χ0) is 27.2. The van der Waals surface area contributed by atoms with Crippen LogP contribution in [0.4, 0.5) is 4.79 Å². The number of esters is 1. The number of imide groups is 1. The molecule has 3 rings (SSSR count). The van der Waals surface area contributed by atoms with Gasteiger partial charge < -0.3 is 14.6 Å². The van der Waals surface area contributed by atoms with Crippen molar-refractivity contribution in [2.24, 2.45) is 0 Å². The van der Waals surface area contributed by atoms with Crippen LogP contribution < -0.4 is 5.32 Å². The van der Waals surface area contributed by atoms with Gasteiger partial charge in [-0.15, -0.1) is 0 Å². The van der Waals surface area contributed by atoms with Gasteiger partial charge in [0.25, 0.3) is 5.91 Å². The number of carbonyl (C=O) groups excluding carboxylic acids is 3. The maximum Gasteiger partial charge on any atom is 0.417 e. The lowest BCUT2D eigenvalue weighted by Gasteiger charge is -2.39. The van der Waals surface area contributed by atoms with E-state index >= 15 is 0 Å². The highest BCUT2D eigenvalue weighted by Crippen LogP contribution is 2.27. The van der Waals surface area contributed by atoms with Crippen molar-refractivity contribution in [2.45, 2.75) is 83.7 Å². The van der Waals surface area contributed by atoms with E-state index in [4.69, 9.17) is 9.47 Å². The molecule has 8 heteroatoms. The molecule has 2 aromatic carbocycles. The van der Waals surface area contributed by atoms with Crippen LogP contribution in [-0.4, -0.2) is 57.9 Å². The SMILES string of the molecule is CCC[C@H]1COC(=O)N1C(=O)[C@](Cc1ccccc1)(NCc1ccc(C(=O)OC(C)(C)C)cc1)[C@H](C)O. The molecule has 0 unspecified atom stereocenters. The topological polar surface area (TPSA) is 105 Å². The standard InChI is InChI=1S/C29H38N2O6/c1-6-10-24-19-36-27(35)31(24)26(34)29(20(2)32,17-21-11-8-7-9-12-21)30-18-22-13-15-23(16-14-22)25(33)37-28(3,4)5/h7-9,11-16,20,24,30,32H,6,10,17-19H2,1-5H3/t20-,24-,29+/m0/s1. The molecule has 1 aliphatic heterocycles. The number of aliphatic hydroxyl groups excluding tert-OH is 1. The summed E-state index contributed by atoms with van der Waals surface area (Å²) in [5.74, 6) is -0.934. The second-order valence-electron chi connectivity index (χ2n) is 10.6. The van der Waals surface area contributed by atoms with Crippen LogP contribution >= 0.6 is 0 Å². The van der Waals surface area contributed by atoms with Crippen molar-refractivity contribution in [3.05, 3.63) is 71.3 Å². The Labute approximate surface area is 219 Å². The van der Waals surface area contributed by atoms with E-state index < -0.39 is 35.2 Å². The Morgan fingerprint density at radius 2 is 1.76 bits per heavy atom. The van der Waals surface area contributed by atoms with Gasteiger partial charge in [0.05, 0.1) is 17.7 Å². The van der Waals surface area contributed by atoms with Gasteiger partial charge in [-0.2, -0.15) is 0 Å². The fourth-order valence-electron chi connectivity index (χ4n) is 4.43. The molecule has 0 aliphatic carbocycles. The summed E-state index contributed by atoms with van der Waals surface area (Å²) < 4.78 is 10.6. The molecule has 3 atom stereocenters. The molecule has 2 amide bonds. The molecule has 0 saturated carbocycles.